The number of carbonyl (C=O) groups is 1. The number of hydrogen-bond acceptors (Lipinski definition) is 5. The van der Waals surface area contributed by atoms with E-state index in [1.54, 1.807) is 0 Å². The zero-order valence-corrected chi connectivity index (χ0v) is 9.67. The van der Waals surface area contributed by atoms with E-state index in [9.17, 15) is 4.79 Å². The lowest BCUT2D eigenvalue weighted by molar-refractivity contribution is -0.136. The van der Waals surface area contributed by atoms with E-state index in [1.807, 2.05) is 0 Å². The molecule has 15 heavy (non-hydrogen) atoms. The van der Waals surface area contributed by atoms with Crippen molar-refractivity contribution in [2.24, 2.45) is 0 Å². The quantitative estimate of drug-likeness (QED) is 0.777. The largest absolute Gasteiger partial charge is 0.481 e. The van der Waals surface area contributed by atoms with Crippen molar-refractivity contribution in [1.29, 1.82) is 0 Å². The molecule has 0 bridgehead atoms. The monoisotopic (exact) mass is 229 g/mol. The third-order valence-electron chi connectivity index (χ3n) is 2.00. The molecule has 0 aliphatic heterocycles. The van der Waals surface area contributed by atoms with E-state index in [0.29, 0.717) is 12.5 Å². The maximum atomic E-state index is 10.3. The van der Waals surface area contributed by atoms with Crippen LogP contribution >= 0.6 is 11.3 Å². The van der Waals surface area contributed by atoms with Crippen molar-refractivity contribution in [3.8, 4) is 0 Å². The van der Waals surface area contributed by atoms with Gasteiger partial charge in [0.15, 0.2) is 0 Å². The van der Waals surface area contributed by atoms with Gasteiger partial charge >= 0.3 is 5.97 Å². The van der Waals surface area contributed by atoms with Crippen molar-refractivity contribution in [3.63, 3.8) is 0 Å². The summed E-state index contributed by atoms with van der Waals surface area (Å²) in [5.41, 5.74) is 0. The molecule has 1 aromatic heterocycles. The predicted molar refractivity (Wildman–Crippen MR) is 59.2 cm³/mol. The Morgan fingerprint density at radius 1 is 1.60 bits per heavy atom. The van der Waals surface area contributed by atoms with Crippen molar-refractivity contribution in [3.05, 3.63) is 5.01 Å². The molecule has 1 heterocycles. The van der Waals surface area contributed by atoms with Gasteiger partial charge in [-0.05, 0) is 13.3 Å². The second-order valence-corrected chi connectivity index (χ2v) is 4.41. The van der Waals surface area contributed by atoms with Gasteiger partial charge < -0.3 is 10.4 Å². The number of anilines is 1. The highest BCUT2D eigenvalue weighted by atomic mass is 32.1. The molecule has 0 spiro atoms. The minimum Gasteiger partial charge on any atom is -0.481 e. The number of rotatable bonds is 6. The molecular weight excluding hydrogens is 214 g/mol. The summed E-state index contributed by atoms with van der Waals surface area (Å²) in [6.07, 6.45) is 1.58. The fourth-order valence-electron chi connectivity index (χ4n) is 0.940. The summed E-state index contributed by atoms with van der Waals surface area (Å²) in [4.78, 5) is 10.3. The molecule has 0 aromatic carbocycles. The van der Waals surface area contributed by atoms with E-state index in [4.69, 9.17) is 5.11 Å². The minimum atomic E-state index is -0.804. The van der Waals surface area contributed by atoms with E-state index in [2.05, 4.69) is 29.4 Å². The van der Waals surface area contributed by atoms with E-state index in [0.717, 1.165) is 16.6 Å². The molecule has 84 valence electrons. The molecule has 1 aromatic rings. The average Bonchev–Trinajstić information content (AvgIpc) is 2.62. The highest BCUT2D eigenvalue weighted by Crippen LogP contribution is 2.17. The molecule has 0 saturated carbocycles. The van der Waals surface area contributed by atoms with Crippen molar-refractivity contribution in [2.75, 3.05) is 5.32 Å². The Kier molecular flexibility index (Phi) is 4.48. The molecule has 1 rings (SSSR count). The lowest BCUT2D eigenvalue weighted by atomic mass is 10.3. The number of nitrogens with one attached hydrogen (secondary N) is 1. The summed E-state index contributed by atoms with van der Waals surface area (Å²) in [6.45, 7) is 4.16. The van der Waals surface area contributed by atoms with Crippen molar-refractivity contribution < 1.29 is 9.90 Å². The zero-order valence-electron chi connectivity index (χ0n) is 8.86. The smallest absolute Gasteiger partial charge is 0.303 e. The van der Waals surface area contributed by atoms with Crippen LogP contribution in [0.25, 0.3) is 0 Å². The first-order valence-electron chi connectivity index (χ1n) is 4.92. The second kappa shape index (κ2) is 5.65. The molecule has 0 fully saturated rings. The highest BCUT2D eigenvalue weighted by molar-refractivity contribution is 7.15. The summed E-state index contributed by atoms with van der Waals surface area (Å²) in [7, 11) is 0. The Labute approximate surface area is 92.5 Å². The Bertz CT molecular complexity index is 327. The van der Waals surface area contributed by atoms with Gasteiger partial charge in [0.1, 0.15) is 5.01 Å². The van der Waals surface area contributed by atoms with Crippen molar-refractivity contribution in [2.45, 2.75) is 39.2 Å². The van der Waals surface area contributed by atoms with Crippen LogP contribution in [0.3, 0.4) is 0 Å². The van der Waals surface area contributed by atoms with Crippen molar-refractivity contribution >= 4 is 22.4 Å². The fourth-order valence-corrected chi connectivity index (χ4v) is 1.79. The molecule has 0 saturated heterocycles. The number of aromatic nitrogens is 2. The van der Waals surface area contributed by atoms with Gasteiger partial charge in [-0.3, -0.25) is 4.79 Å². The number of hydrogen-bond donors (Lipinski definition) is 2. The Hall–Kier alpha value is -1.17. The third-order valence-corrected chi connectivity index (χ3v) is 2.92. The van der Waals surface area contributed by atoms with E-state index in [1.165, 1.54) is 11.3 Å². The van der Waals surface area contributed by atoms with Gasteiger partial charge in [0.25, 0.3) is 0 Å². The first-order chi connectivity index (χ1) is 7.11. The first kappa shape index (κ1) is 11.9. The van der Waals surface area contributed by atoms with Gasteiger partial charge in [-0.2, -0.15) is 0 Å². The molecular formula is C9H15N3O2S. The van der Waals surface area contributed by atoms with Gasteiger partial charge in [-0.1, -0.05) is 18.3 Å². The van der Waals surface area contributed by atoms with Crippen LogP contribution in [0.4, 0.5) is 5.13 Å². The topological polar surface area (TPSA) is 75.1 Å². The van der Waals surface area contributed by atoms with Crippen LogP contribution in [0, 0.1) is 0 Å². The summed E-state index contributed by atoms with van der Waals surface area (Å²) < 4.78 is 0. The zero-order chi connectivity index (χ0) is 11.3. The van der Waals surface area contributed by atoms with Crippen LogP contribution in [-0.4, -0.2) is 27.3 Å². The molecule has 2 N–H and O–H groups in total. The lowest BCUT2D eigenvalue weighted by Gasteiger charge is -2.07. The fraction of sp³-hybridized carbons (Fsp3) is 0.667. The SMILES string of the molecule is CCC(C)Nc1nnc(CCC(=O)O)s1. The average molecular weight is 229 g/mol. The van der Waals surface area contributed by atoms with Crippen LogP contribution in [0.1, 0.15) is 31.7 Å². The normalized spacial score (nSPS) is 12.4. The number of carboxylic acid groups (broad SMARTS) is 1. The Morgan fingerprint density at radius 2 is 2.33 bits per heavy atom. The third kappa shape index (κ3) is 4.24. The van der Waals surface area contributed by atoms with E-state index in [-0.39, 0.29) is 6.42 Å². The molecule has 1 unspecified atom stereocenters. The molecule has 0 aliphatic carbocycles. The molecule has 0 aliphatic rings. The second-order valence-electron chi connectivity index (χ2n) is 3.35. The maximum absolute atomic E-state index is 10.3. The van der Waals surface area contributed by atoms with Crippen molar-refractivity contribution in [1.82, 2.24) is 10.2 Å². The molecule has 0 radical (unpaired) electrons. The van der Waals surface area contributed by atoms with Gasteiger partial charge in [-0.15, -0.1) is 10.2 Å². The molecule has 1 atom stereocenters. The molecule has 0 amide bonds. The minimum absolute atomic E-state index is 0.109. The maximum Gasteiger partial charge on any atom is 0.303 e. The van der Waals surface area contributed by atoms with Gasteiger partial charge in [0, 0.05) is 12.5 Å². The molecule has 5 nitrogen and oxygen atoms in total. The molecule has 6 heteroatoms. The van der Waals surface area contributed by atoms with Gasteiger partial charge in [0.05, 0.1) is 6.42 Å². The number of nitrogens with zero attached hydrogens (tertiary/aromatic N) is 2. The summed E-state index contributed by atoms with van der Waals surface area (Å²) in [5.74, 6) is -0.804. The summed E-state index contributed by atoms with van der Waals surface area (Å²) >= 11 is 1.42. The van der Waals surface area contributed by atoms with E-state index < -0.39 is 5.97 Å². The lowest BCUT2D eigenvalue weighted by Crippen LogP contribution is -2.12. The van der Waals surface area contributed by atoms with E-state index >= 15 is 0 Å². The Balaban J connectivity index is 2.45. The van der Waals surface area contributed by atoms with Crippen LogP contribution in [0.2, 0.25) is 0 Å². The first-order valence-corrected chi connectivity index (χ1v) is 5.74. The van der Waals surface area contributed by atoms with Crippen LogP contribution in [0.5, 0.6) is 0 Å². The van der Waals surface area contributed by atoms with Gasteiger partial charge in [-0.25, -0.2) is 0 Å². The predicted octanol–water partition coefficient (Wildman–Crippen LogP) is 1.77. The summed E-state index contributed by atoms with van der Waals surface area (Å²) in [5, 5.41) is 21.1. The number of aryl methyl sites for hydroxylation is 1. The summed E-state index contributed by atoms with van der Waals surface area (Å²) in [6, 6.07) is 0.366. The van der Waals surface area contributed by atoms with Crippen LogP contribution < -0.4 is 5.32 Å². The Morgan fingerprint density at radius 3 is 2.93 bits per heavy atom. The van der Waals surface area contributed by atoms with Gasteiger partial charge in [0.2, 0.25) is 5.13 Å². The number of carboxylic acids is 1. The number of aliphatic carboxylic acids is 1. The highest BCUT2D eigenvalue weighted by Gasteiger charge is 2.07. The standard InChI is InChI=1S/C9H15N3O2S/c1-3-6(2)10-9-12-11-7(15-9)4-5-8(13)14/h6H,3-5H2,1-2H3,(H,10,12)(H,13,14). The van der Waals surface area contributed by atoms with Crippen LogP contribution in [0.15, 0.2) is 0 Å². The van der Waals surface area contributed by atoms with Crippen LogP contribution in [-0.2, 0) is 11.2 Å².